The monoisotopic (exact) mass is 318 g/mol. The van der Waals surface area contributed by atoms with E-state index in [2.05, 4.69) is 16.0 Å². The van der Waals surface area contributed by atoms with Crippen LogP contribution in [0.3, 0.4) is 0 Å². The Labute approximate surface area is 140 Å². The van der Waals surface area contributed by atoms with Gasteiger partial charge in [-0.2, -0.15) is 0 Å². The number of likely N-dealkylation sites (N-methyl/N-ethyl adjacent to an activating group) is 1. The second-order valence-corrected chi connectivity index (χ2v) is 6.86. The van der Waals surface area contributed by atoms with Crippen molar-refractivity contribution in [3.63, 3.8) is 0 Å². The first-order valence-electron chi connectivity index (χ1n) is 8.55. The van der Waals surface area contributed by atoms with Gasteiger partial charge in [-0.05, 0) is 31.4 Å². The van der Waals surface area contributed by atoms with Crippen molar-refractivity contribution in [1.29, 1.82) is 0 Å². The van der Waals surface area contributed by atoms with E-state index in [0.717, 1.165) is 12.5 Å². The molecule has 1 saturated heterocycles. The molecular formula is C18H30N4O. The maximum atomic E-state index is 11.3. The standard InChI is InChI=1S/C10H18N2O.C8H12N2/c1-11-8-12(7-10(11)13)9-5-3-2-4-6-9;1-7-4-5-8(9-6-7)10(2)3/h9H,2-8H2,1H3;4-6H,1-3H3. The van der Waals surface area contributed by atoms with Crippen LogP contribution in [0, 0.1) is 6.92 Å². The highest BCUT2D eigenvalue weighted by Gasteiger charge is 2.30. The Bertz CT molecular complexity index is 494. The van der Waals surface area contributed by atoms with Gasteiger partial charge >= 0.3 is 0 Å². The number of carbonyl (C=O) groups is 1. The van der Waals surface area contributed by atoms with Gasteiger partial charge in [-0.25, -0.2) is 4.98 Å². The fourth-order valence-corrected chi connectivity index (χ4v) is 3.11. The lowest BCUT2D eigenvalue weighted by atomic mass is 9.94. The lowest BCUT2D eigenvalue weighted by Gasteiger charge is -2.29. The Morgan fingerprint density at radius 3 is 2.35 bits per heavy atom. The van der Waals surface area contributed by atoms with Gasteiger partial charge in [0.25, 0.3) is 0 Å². The summed E-state index contributed by atoms with van der Waals surface area (Å²) in [5.41, 5.74) is 1.20. The van der Waals surface area contributed by atoms with Gasteiger partial charge in [0, 0.05) is 33.4 Å². The minimum absolute atomic E-state index is 0.283. The van der Waals surface area contributed by atoms with Crippen LogP contribution in [0.4, 0.5) is 5.82 Å². The first-order chi connectivity index (χ1) is 11.0. The fourth-order valence-electron chi connectivity index (χ4n) is 3.11. The van der Waals surface area contributed by atoms with E-state index < -0.39 is 0 Å². The van der Waals surface area contributed by atoms with Gasteiger partial charge in [-0.15, -0.1) is 0 Å². The number of anilines is 1. The van der Waals surface area contributed by atoms with E-state index in [1.54, 1.807) is 0 Å². The third-order valence-corrected chi connectivity index (χ3v) is 4.60. The Morgan fingerprint density at radius 2 is 1.87 bits per heavy atom. The van der Waals surface area contributed by atoms with E-state index in [0.29, 0.717) is 12.6 Å². The second-order valence-electron chi connectivity index (χ2n) is 6.86. The lowest BCUT2D eigenvalue weighted by molar-refractivity contribution is -0.125. The summed E-state index contributed by atoms with van der Waals surface area (Å²) in [5.74, 6) is 1.29. The number of rotatable bonds is 2. The molecule has 2 heterocycles. The number of aromatic nitrogens is 1. The average Bonchev–Trinajstić information content (AvgIpc) is 2.89. The van der Waals surface area contributed by atoms with E-state index in [-0.39, 0.29) is 5.91 Å². The highest BCUT2D eigenvalue weighted by Crippen LogP contribution is 2.24. The first kappa shape index (κ1) is 17.7. The molecule has 0 unspecified atom stereocenters. The van der Waals surface area contributed by atoms with E-state index in [1.807, 2.05) is 50.1 Å². The number of nitrogens with zero attached hydrogens (tertiary/aromatic N) is 4. The molecule has 2 fully saturated rings. The first-order valence-corrected chi connectivity index (χ1v) is 8.55. The molecule has 0 N–H and O–H groups in total. The number of pyridine rings is 1. The van der Waals surface area contributed by atoms with Crippen molar-refractivity contribution in [3.05, 3.63) is 23.9 Å². The van der Waals surface area contributed by atoms with E-state index in [4.69, 9.17) is 0 Å². The molecule has 1 aromatic rings. The van der Waals surface area contributed by atoms with E-state index in [1.165, 1.54) is 37.7 Å². The molecule has 128 valence electrons. The molecule has 2 aliphatic rings. The second kappa shape index (κ2) is 8.29. The molecule has 0 bridgehead atoms. The van der Waals surface area contributed by atoms with Crippen LogP contribution in [-0.2, 0) is 4.79 Å². The minimum Gasteiger partial charge on any atom is -0.363 e. The van der Waals surface area contributed by atoms with Crippen LogP contribution in [0.1, 0.15) is 37.7 Å². The number of hydrogen-bond donors (Lipinski definition) is 0. The van der Waals surface area contributed by atoms with Crippen LogP contribution >= 0.6 is 0 Å². The molecular weight excluding hydrogens is 288 g/mol. The maximum absolute atomic E-state index is 11.3. The van der Waals surface area contributed by atoms with Crippen LogP contribution in [-0.4, -0.2) is 61.1 Å². The molecule has 23 heavy (non-hydrogen) atoms. The van der Waals surface area contributed by atoms with Crippen molar-refractivity contribution in [3.8, 4) is 0 Å². The number of hydrogen-bond acceptors (Lipinski definition) is 4. The average molecular weight is 318 g/mol. The Kier molecular flexibility index (Phi) is 6.39. The third kappa shape index (κ3) is 5.20. The molecule has 1 saturated carbocycles. The summed E-state index contributed by atoms with van der Waals surface area (Å²) in [6.07, 6.45) is 8.53. The van der Waals surface area contributed by atoms with Crippen LogP contribution in [0.5, 0.6) is 0 Å². The molecule has 1 aliphatic carbocycles. The summed E-state index contributed by atoms with van der Waals surface area (Å²) in [4.78, 5) is 21.7. The molecule has 0 radical (unpaired) electrons. The summed E-state index contributed by atoms with van der Waals surface area (Å²) in [6.45, 7) is 3.54. The van der Waals surface area contributed by atoms with Crippen molar-refractivity contribution < 1.29 is 4.79 Å². The highest BCUT2D eigenvalue weighted by molar-refractivity contribution is 5.79. The van der Waals surface area contributed by atoms with Crippen LogP contribution in [0.25, 0.3) is 0 Å². The van der Waals surface area contributed by atoms with Crippen molar-refractivity contribution in [2.24, 2.45) is 0 Å². The largest absolute Gasteiger partial charge is 0.363 e. The van der Waals surface area contributed by atoms with Gasteiger partial charge in [-0.3, -0.25) is 9.69 Å². The minimum atomic E-state index is 0.283. The van der Waals surface area contributed by atoms with Gasteiger partial charge in [0.1, 0.15) is 5.82 Å². The summed E-state index contributed by atoms with van der Waals surface area (Å²) in [5, 5.41) is 0. The SMILES string of the molecule is CN1CN(C2CCCCC2)CC1=O.Cc1ccc(N(C)C)nc1. The molecule has 0 aromatic carbocycles. The smallest absolute Gasteiger partial charge is 0.237 e. The zero-order valence-corrected chi connectivity index (χ0v) is 15.0. The van der Waals surface area contributed by atoms with E-state index >= 15 is 0 Å². The molecule has 1 aliphatic heterocycles. The fraction of sp³-hybridized carbons (Fsp3) is 0.667. The molecule has 0 spiro atoms. The molecule has 1 aromatic heterocycles. The van der Waals surface area contributed by atoms with Crippen LogP contribution in [0.15, 0.2) is 18.3 Å². The van der Waals surface area contributed by atoms with Gasteiger partial charge in [0.05, 0.1) is 13.2 Å². The van der Waals surface area contributed by atoms with Gasteiger partial charge in [0.15, 0.2) is 0 Å². The summed E-state index contributed by atoms with van der Waals surface area (Å²) in [6, 6.07) is 4.75. The summed E-state index contributed by atoms with van der Waals surface area (Å²) in [7, 11) is 5.86. The zero-order valence-electron chi connectivity index (χ0n) is 15.0. The van der Waals surface area contributed by atoms with Gasteiger partial charge in [-0.1, -0.05) is 25.3 Å². The predicted molar refractivity (Wildman–Crippen MR) is 94.5 cm³/mol. The van der Waals surface area contributed by atoms with Crippen molar-refractivity contribution in [2.75, 3.05) is 39.3 Å². The molecule has 0 atom stereocenters. The quantitative estimate of drug-likeness (QED) is 0.840. The van der Waals surface area contributed by atoms with E-state index in [9.17, 15) is 4.79 Å². The van der Waals surface area contributed by atoms with Crippen molar-refractivity contribution in [2.45, 2.75) is 45.1 Å². The molecule has 5 nitrogen and oxygen atoms in total. The summed E-state index contributed by atoms with van der Waals surface area (Å²) >= 11 is 0. The highest BCUT2D eigenvalue weighted by atomic mass is 16.2. The molecule has 1 amide bonds. The van der Waals surface area contributed by atoms with Crippen LogP contribution in [0.2, 0.25) is 0 Å². The Balaban J connectivity index is 0.000000174. The number of amides is 1. The zero-order chi connectivity index (χ0) is 16.8. The third-order valence-electron chi connectivity index (χ3n) is 4.60. The van der Waals surface area contributed by atoms with Crippen molar-refractivity contribution in [1.82, 2.24) is 14.8 Å². The molecule has 5 heteroatoms. The maximum Gasteiger partial charge on any atom is 0.237 e. The van der Waals surface area contributed by atoms with Gasteiger partial charge in [0.2, 0.25) is 5.91 Å². The topological polar surface area (TPSA) is 39.7 Å². The van der Waals surface area contributed by atoms with Gasteiger partial charge < -0.3 is 9.80 Å². The normalized spacial score (nSPS) is 19.5. The molecule has 3 rings (SSSR count). The summed E-state index contributed by atoms with van der Waals surface area (Å²) < 4.78 is 0. The van der Waals surface area contributed by atoms with Crippen LogP contribution < -0.4 is 4.90 Å². The van der Waals surface area contributed by atoms with Crippen molar-refractivity contribution >= 4 is 11.7 Å². The lowest BCUT2D eigenvalue weighted by Crippen LogP contribution is -2.35. The Hall–Kier alpha value is -1.62. The Morgan fingerprint density at radius 1 is 1.17 bits per heavy atom. The number of aryl methyl sites for hydroxylation is 1. The predicted octanol–water partition coefficient (Wildman–Crippen LogP) is 2.51. The number of carbonyl (C=O) groups excluding carboxylic acids is 1.